The standard InChI is InChI=1S/C19H24ClFN4O/c1-23(2)10-11-24-9-7-22-18(24)15-4-3-8-25(13-15)19(26)14-5-6-16(20)17(21)12-14/h5-7,9,12,15H,3-4,8,10-11,13H2,1-2H3/t15-/m1/s1. The molecule has 0 unspecified atom stereocenters. The summed E-state index contributed by atoms with van der Waals surface area (Å²) in [5, 5.41) is 0.0287. The van der Waals surface area contributed by atoms with E-state index in [1.165, 1.54) is 12.1 Å². The molecule has 0 aliphatic carbocycles. The minimum Gasteiger partial charge on any atom is -0.338 e. The van der Waals surface area contributed by atoms with Crippen molar-refractivity contribution in [2.75, 3.05) is 33.7 Å². The Morgan fingerprint density at radius 3 is 2.96 bits per heavy atom. The van der Waals surface area contributed by atoms with Crippen LogP contribution in [0, 0.1) is 5.82 Å². The van der Waals surface area contributed by atoms with Crippen LogP contribution in [0.15, 0.2) is 30.6 Å². The van der Waals surface area contributed by atoms with Crippen LogP contribution in [0.2, 0.25) is 5.02 Å². The third kappa shape index (κ3) is 4.24. The highest BCUT2D eigenvalue weighted by molar-refractivity contribution is 6.30. The molecule has 5 nitrogen and oxygen atoms in total. The van der Waals surface area contributed by atoms with Gasteiger partial charge >= 0.3 is 0 Å². The van der Waals surface area contributed by atoms with Crippen molar-refractivity contribution in [3.05, 3.63) is 52.8 Å². The molecule has 0 radical (unpaired) electrons. The van der Waals surface area contributed by atoms with Crippen LogP contribution < -0.4 is 0 Å². The molecule has 1 aromatic carbocycles. The first kappa shape index (κ1) is 18.9. The maximum Gasteiger partial charge on any atom is 0.253 e. The van der Waals surface area contributed by atoms with Crippen LogP contribution in [0.1, 0.15) is 34.9 Å². The minimum absolute atomic E-state index is 0.0287. The maximum absolute atomic E-state index is 13.7. The van der Waals surface area contributed by atoms with Crippen LogP contribution in [-0.2, 0) is 6.54 Å². The summed E-state index contributed by atoms with van der Waals surface area (Å²) >= 11 is 5.72. The Balaban J connectivity index is 1.72. The van der Waals surface area contributed by atoms with Crippen LogP contribution in [0.3, 0.4) is 0 Å². The Labute approximate surface area is 158 Å². The lowest BCUT2D eigenvalue weighted by atomic mass is 9.96. The first-order valence-electron chi connectivity index (χ1n) is 8.86. The van der Waals surface area contributed by atoms with Gasteiger partial charge in [-0.2, -0.15) is 0 Å². The molecule has 26 heavy (non-hydrogen) atoms. The molecule has 0 saturated carbocycles. The summed E-state index contributed by atoms with van der Waals surface area (Å²) in [6.45, 7) is 3.08. The monoisotopic (exact) mass is 378 g/mol. The Kier molecular flexibility index (Phi) is 5.94. The minimum atomic E-state index is -0.565. The summed E-state index contributed by atoms with van der Waals surface area (Å²) in [6.07, 6.45) is 5.72. The molecule has 0 N–H and O–H groups in total. The molecule has 1 aromatic heterocycles. The summed E-state index contributed by atoms with van der Waals surface area (Å²) in [5.74, 6) is 0.496. The van der Waals surface area contributed by atoms with Crippen molar-refractivity contribution < 1.29 is 9.18 Å². The first-order valence-corrected chi connectivity index (χ1v) is 9.23. The van der Waals surface area contributed by atoms with Gasteiger partial charge in [-0.25, -0.2) is 9.37 Å². The number of carbonyl (C=O) groups excluding carboxylic acids is 1. The molecule has 1 aliphatic heterocycles. The quantitative estimate of drug-likeness (QED) is 0.802. The van der Waals surface area contributed by atoms with Gasteiger partial charge in [0.15, 0.2) is 0 Å². The van der Waals surface area contributed by atoms with E-state index in [-0.39, 0.29) is 16.8 Å². The highest BCUT2D eigenvalue weighted by Gasteiger charge is 2.28. The lowest BCUT2D eigenvalue weighted by Gasteiger charge is -2.33. The number of hydrogen-bond donors (Lipinski definition) is 0. The van der Waals surface area contributed by atoms with Crippen molar-refractivity contribution >= 4 is 17.5 Å². The number of carbonyl (C=O) groups is 1. The van der Waals surface area contributed by atoms with E-state index < -0.39 is 5.82 Å². The fraction of sp³-hybridized carbons (Fsp3) is 0.474. The molecular weight excluding hydrogens is 355 g/mol. The first-order chi connectivity index (χ1) is 12.5. The van der Waals surface area contributed by atoms with Gasteiger partial charge in [0.2, 0.25) is 0 Å². The summed E-state index contributed by atoms with van der Waals surface area (Å²) < 4.78 is 15.9. The zero-order chi connectivity index (χ0) is 18.7. The Morgan fingerprint density at radius 1 is 1.42 bits per heavy atom. The van der Waals surface area contributed by atoms with E-state index in [2.05, 4.69) is 14.5 Å². The topological polar surface area (TPSA) is 41.4 Å². The average Bonchev–Trinajstić information content (AvgIpc) is 3.10. The van der Waals surface area contributed by atoms with Gasteiger partial charge in [0.05, 0.1) is 5.02 Å². The predicted octanol–water partition coefficient (Wildman–Crippen LogP) is 3.26. The van der Waals surface area contributed by atoms with E-state index in [4.69, 9.17) is 11.6 Å². The summed E-state index contributed by atoms with van der Waals surface area (Å²) in [6, 6.07) is 4.22. The Morgan fingerprint density at radius 2 is 2.23 bits per heavy atom. The SMILES string of the molecule is CN(C)CCn1ccnc1[C@@H]1CCCN(C(=O)c2ccc(Cl)c(F)c2)C1. The number of halogens is 2. The fourth-order valence-corrected chi connectivity index (χ4v) is 3.48. The number of imidazole rings is 1. The van der Waals surface area contributed by atoms with Gasteiger partial charge in [-0.15, -0.1) is 0 Å². The number of rotatable bonds is 5. The van der Waals surface area contributed by atoms with Crippen molar-refractivity contribution in [3.8, 4) is 0 Å². The largest absolute Gasteiger partial charge is 0.338 e. The second kappa shape index (κ2) is 8.18. The Hall–Kier alpha value is -1.92. The number of hydrogen-bond acceptors (Lipinski definition) is 3. The molecule has 0 bridgehead atoms. The lowest BCUT2D eigenvalue weighted by Crippen LogP contribution is -2.40. The number of aromatic nitrogens is 2. The molecule has 140 valence electrons. The van der Waals surface area contributed by atoms with Gasteiger partial charge in [-0.05, 0) is 45.1 Å². The van der Waals surface area contributed by atoms with Gasteiger partial charge in [-0.3, -0.25) is 4.79 Å². The Bertz CT molecular complexity index is 777. The van der Waals surface area contributed by atoms with Gasteiger partial charge in [0.25, 0.3) is 5.91 Å². The third-order valence-electron chi connectivity index (χ3n) is 4.78. The van der Waals surface area contributed by atoms with E-state index >= 15 is 0 Å². The molecule has 1 fully saturated rings. The van der Waals surface area contributed by atoms with Gasteiger partial charge < -0.3 is 14.4 Å². The van der Waals surface area contributed by atoms with E-state index in [1.54, 1.807) is 11.0 Å². The lowest BCUT2D eigenvalue weighted by molar-refractivity contribution is 0.0702. The summed E-state index contributed by atoms with van der Waals surface area (Å²) in [7, 11) is 4.09. The summed E-state index contributed by atoms with van der Waals surface area (Å²) in [4.78, 5) is 21.2. The second-order valence-corrected chi connectivity index (χ2v) is 7.41. The zero-order valence-electron chi connectivity index (χ0n) is 15.2. The molecule has 1 atom stereocenters. The van der Waals surface area contributed by atoms with Crippen molar-refractivity contribution in [2.45, 2.75) is 25.3 Å². The van der Waals surface area contributed by atoms with Crippen molar-refractivity contribution in [1.29, 1.82) is 0 Å². The zero-order valence-corrected chi connectivity index (χ0v) is 15.9. The third-order valence-corrected chi connectivity index (χ3v) is 5.08. The number of likely N-dealkylation sites (tertiary alicyclic amines) is 1. The number of likely N-dealkylation sites (N-methyl/N-ethyl adjacent to an activating group) is 1. The van der Waals surface area contributed by atoms with Crippen molar-refractivity contribution in [1.82, 2.24) is 19.4 Å². The van der Waals surface area contributed by atoms with Crippen LogP contribution in [0.25, 0.3) is 0 Å². The van der Waals surface area contributed by atoms with Crippen molar-refractivity contribution in [3.63, 3.8) is 0 Å². The predicted molar refractivity (Wildman–Crippen MR) is 100 cm³/mol. The van der Waals surface area contributed by atoms with Crippen LogP contribution in [-0.4, -0.2) is 59.0 Å². The van der Waals surface area contributed by atoms with Crippen LogP contribution in [0.4, 0.5) is 4.39 Å². The number of amides is 1. The second-order valence-electron chi connectivity index (χ2n) is 7.00. The van der Waals surface area contributed by atoms with Crippen LogP contribution >= 0.6 is 11.6 Å². The highest BCUT2D eigenvalue weighted by atomic mass is 35.5. The molecule has 1 aliphatic rings. The number of piperidine rings is 1. The number of nitrogens with zero attached hydrogens (tertiary/aromatic N) is 4. The molecule has 1 amide bonds. The van der Waals surface area contributed by atoms with E-state index in [9.17, 15) is 9.18 Å². The highest BCUT2D eigenvalue weighted by Crippen LogP contribution is 2.27. The maximum atomic E-state index is 13.7. The normalized spacial score (nSPS) is 17.7. The van der Waals surface area contributed by atoms with Gasteiger partial charge in [0.1, 0.15) is 11.6 Å². The average molecular weight is 379 g/mol. The van der Waals surface area contributed by atoms with E-state index in [0.29, 0.717) is 18.7 Å². The molecule has 7 heteroatoms. The molecule has 1 saturated heterocycles. The molecule has 0 spiro atoms. The number of benzene rings is 1. The molecule has 3 rings (SSSR count). The molecule has 2 aromatic rings. The molecule has 2 heterocycles. The van der Waals surface area contributed by atoms with E-state index in [0.717, 1.165) is 31.8 Å². The van der Waals surface area contributed by atoms with Crippen molar-refractivity contribution in [2.24, 2.45) is 0 Å². The van der Waals surface area contributed by atoms with E-state index in [1.807, 2.05) is 26.5 Å². The van der Waals surface area contributed by atoms with Crippen LogP contribution in [0.5, 0.6) is 0 Å². The van der Waals surface area contributed by atoms with Gasteiger partial charge in [-0.1, -0.05) is 11.6 Å². The fourth-order valence-electron chi connectivity index (χ4n) is 3.36. The summed E-state index contributed by atoms with van der Waals surface area (Å²) in [5.41, 5.74) is 0.337. The smallest absolute Gasteiger partial charge is 0.253 e. The van der Waals surface area contributed by atoms with Gasteiger partial charge in [0, 0.05) is 50.1 Å². The molecular formula is C19H24ClFN4O.